The van der Waals surface area contributed by atoms with Crippen LogP contribution in [-0.2, 0) is 19.4 Å². The number of carbonyl (C=O) groups is 1. The Labute approximate surface area is 168 Å². The maximum Gasteiger partial charge on any atom is 0.322 e. The first kappa shape index (κ1) is 18.7. The number of hydrogen-bond donors (Lipinski definition) is 2. The number of amides is 2. The lowest BCUT2D eigenvalue weighted by Crippen LogP contribution is -2.42. The number of benzene rings is 2. The molecule has 0 saturated heterocycles. The number of nitrogens with zero attached hydrogens (tertiary/aromatic N) is 2. The van der Waals surface area contributed by atoms with Crippen LogP contribution in [0.25, 0.3) is 0 Å². The summed E-state index contributed by atoms with van der Waals surface area (Å²) in [4.78, 5) is 34.4. The Balaban J connectivity index is 1.51. The van der Waals surface area contributed by atoms with Crippen LogP contribution in [0.4, 0.5) is 10.5 Å². The summed E-state index contributed by atoms with van der Waals surface area (Å²) in [6, 6.07) is 16.7. The minimum Gasteiger partial charge on any atom is -0.496 e. The minimum atomic E-state index is -0.223. The van der Waals surface area contributed by atoms with Crippen LogP contribution in [0.2, 0.25) is 0 Å². The van der Waals surface area contributed by atoms with Crippen molar-refractivity contribution in [3.8, 4) is 5.75 Å². The number of nitrogens with one attached hydrogen (secondary N) is 2. The highest BCUT2D eigenvalue weighted by molar-refractivity contribution is 5.89. The van der Waals surface area contributed by atoms with E-state index in [1.165, 1.54) is 0 Å². The van der Waals surface area contributed by atoms with Gasteiger partial charge >= 0.3 is 6.03 Å². The molecule has 2 aromatic carbocycles. The number of fused-ring (bicyclic) bond motifs is 1. The van der Waals surface area contributed by atoms with Gasteiger partial charge in [-0.15, -0.1) is 0 Å². The van der Waals surface area contributed by atoms with Crippen molar-refractivity contribution >= 4 is 11.7 Å². The molecule has 29 heavy (non-hydrogen) atoms. The molecule has 1 aliphatic rings. The third kappa shape index (κ3) is 4.13. The highest BCUT2D eigenvalue weighted by Crippen LogP contribution is 2.21. The van der Waals surface area contributed by atoms with Crippen molar-refractivity contribution in [2.24, 2.45) is 0 Å². The van der Waals surface area contributed by atoms with Gasteiger partial charge in [0.25, 0.3) is 5.56 Å². The number of para-hydroxylation sites is 2. The first-order valence-electron chi connectivity index (χ1n) is 9.48. The number of carbonyl (C=O) groups excluding carboxylic acids is 1. The number of urea groups is 1. The average molecular weight is 390 g/mol. The normalized spacial score (nSPS) is 12.9. The highest BCUT2D eigenvalue weighted by Gasteiger charge is 2.24. The van der Waals surface area contributed by atoms with Gasteiger partial charge in [-0.05, 0) is 18.2 Å². The van der Waals surface area contributed by atoms with Crippen molar-refractivity contribution in [3.05, 3.63) is 87.6 Å². The Morgan fingerprint density at radius 1 is 1.17 bits per heavy atom. The molecule has 2 N–H and O–H groups in total. The maximum atomic E-state index is 12.7. The first-order chi connectivity index (χ1) is 14.1. The van der Waals surface area contributed by atoms with Crippen molar-refractivity contribution in [3.63, 3.8) is 0 Å². The lowest BCUT2D eigenvalue weighted by molar-refractivity contribution is 0.205. The fourth-order valence-corrected chi connectivity index (χ4v) is 3.49. The maximum absolute atomic E-state index is 12.7. The summed E-state index contributed by atoms with van der Waals surface area (Å²) in [6.07, 6.45) is 1.02. The van der Waals surface area contributed by atoms with E-state index >= 15 is 0 Å². The molecule has 0 atom stereocenters. The molecule has 1 aliphatic heterocycles. The van der Waals surface area contributed by atoms with Crippen molar-refractivity contribution in [2.45, 2.75) is 19.4 Å². The van der Waals surface area contributed by atoms with Crippen LogP contribution >= 0.6 is 0 Å². The standard InChI is InChI=1S/C22H22N4O3/c1-29-19-10-6-5-7-15(19)13-20-24-18-11-12-26(14-17(18)21(27)25-20)22(28)23-16-8-3-2-4-9-16/h2-10H,11-14H2,1H3,(H,23,28)(H,24,25,27). The number of aromatic nitrogens is 2. The Morgan fingerprint density at radius 3 is 2.72 bits per heavy atom. The summed E-state index contributed by atoms with van der Waals surface area (Å²) in [5.74, 6) is 1.36. The lowest BCUT2D eigenvalue weighted by atomic mass is 10.1. The van der Waals surface area contributed by atoms with Crippen LogP contribution in [0.1, 0.15) is 22.6 Å². The predicted octanol–water partition coefficient (Wildman–Crippen LogP) is 2.96. The second kappa shape index (κ2) is 8.18. The zero-order chi connectivity index (χ0) is 20.2. The molecular weight excluding hydrogens is 368 g/mol. The summed E-state index contributed by atoms with van der Waals surface area (Å²) >= 11 is 0. The fraction of sp³-hybridized carbons (Fsp3) is 0.227. The molecule has 2 amide bonds. The molecular formula is C22H22N4O3. The quantitative estimate of drug-likeness (QED) is 0.717. The molecule has 0 aliphatic carbocycles. The Morgan fingerprint density at radius 2 is 1.93 bits per heavy atom. The molecule has 0 fully saturated rings. The van der Waals surface area contributed by atoms with E-state index in [2.05, 4.69) is 15.3 Å². The van der Waals surface area contributed by atoms with Gasteiger partial charge < -0.3 is 19.9 Å². The van der Waals surface area contributed by atoms with E-state index in [0.717, 1.165) is 22.7 Å². The molecule has 148 valence electrons. The van der Waals surface area contributed by atoms with Gasteiger partial charge in [0.05, 0.1) is 24.9 Å². The van der Waals surface area contributed by atoms with E-state index in [1.54, 1.807) is 12.0 Å². The van der Waals surface area contributed by atoms with Crippen LogP contribution in [-0.4, -0.2) is 34.6 Å². The number of H-pyrrole nitrogens is 1. The van der Waals surface area contributed by atoms with Gasteiger partial charge in [-0.1, -0.05) is 36.4 Å². The molecule has 1 aromatic heterocycles. The van der Waals surface area contributed by atoms with E-state index in [4.69, 9.17) is 4.74 Å². The van der Waals surface area contributed by atoms with E-state index < -0.39 is 0 Å². The average Bonchev–Trinajstić information content (AvgIpc) is 2.74. The lowest BCUT2D eigenvalue weighted by Gasteiger charge is -2.28. The summed E-state index contributed by atoms with van der Waals surface area (Å²) in [5.41, 5.74) is 2.78. The van der Waals surface area contributed by atoms with E-state index in [0.29, 0.717) is 30.8 Å². The van der Waals surface area contributed by atoms with Crippen molar-refractivity contribution < 1.29 is 9.53 Å². The zero-order valence-corrected chi connectivity index (χ0v) is 16.1. The molecule has 0 unspecified atom stereocenters. The molecule has 0 bridgehead atoms. The van der Waals surface area contributed by atoms with Crippen LogP contribution in [0.5, 0.6) is 5.75 Å². The topological polar surface area (TPSA) is 87.3 Å². The second-order valence-electron chi connectivity index (χ2n) is 6.89. The van der Waals surface area contributed by atoms with Crippen molar-refractivity contribution in [1.82, 2.24) is 14.9 Å². The third-order valence-electron chi connectivity index (χ3n) is 4.98. The van der Waals surface area contributed by atoms with Gasteiger partial charge in [0.15, 0.2) is 0 Å². The summed E-state index contributed by atoms with van der Waals surface area (Å²) in [6.45, 7) is 0.751. The molecule has 3 aromatic rings. The second-order valence-corrected chi connectivity index (χ2v) is 6.89. The van der Waals surface area contributed by atoms with Gasteiger partial charge in [0.2, 0.25) is 0 Å². The number of anilines is 1. The van der Waals surface area contributed by atoms with Crippen LogP contribution in [0.15, 0.2) is 59.4 Å². The molecule has 0 spiro atoms. The highest BCUT2D eigenvalue weighted by atomic mass is 16.5. The number of aromatic amines is 1. The smallest absolute Gasteiger partial charge is 0.322 e. The van der Waals surface area contributed by atoms with Gasteiger partial charge in [-0.25, -0.2) is 9.78 Å². The van der Waals surface area contributed by atoms with Gasteiger partial charge in [-0.2, -0.15) is 0 Å². The minimum absolute atomic E-state index is 0.197. The first-order valence-corrected chi connectivity index (χ1v) is 9.48. The number of ether oxygens (including phenoxy) is 1. The fourth-order valence-electron chi connectivity index (χ4n) is 3.49. The molecule has 7 nitrogen and oxygen atoms in total. The van der Waals surface area contributed by atoms with E-state index in [-0.39, 0.29) is 18.1 Å². The molecule has 0 radical (unpaired) electrons. The van der Waals surface area contributed by atoms with E-state index in [1.807, 2.05) is 54.6 Å². The van der Waals surface area contributed by atoms with Crippen LogP contribution in [0.3, 0.4) is 0 Å². The molecule has 7 heteroatoms. The van der Waals surface area contributed by atoms with Crippen molar-refractivity contribution in [1.29, 1.82) is 0 Å². The van der Waals surface area contributed by atoms with Crippen LogP contribution < -0.4 is 15.6 Å². The number of hydrogen-bond acceptors (Lipinski definition) is 4. The molecule has 2 heterocycles. The number of methoxy groups -OCH3 is 1. The predicted molar refractivity (Wildman–Crippen MR) is 110 cm³/mol. The van der Waals surface area contributed by atoms with Gasteiger partial charge in [-0.3, -0.25) is 4.79 Å². The monoisotopic (exact) mass is 390 g/mol. The largest absolute Gasteiger partial charge is 0.496 e. The summed E-state index contributed by atoms with van der Waals surface area (Å²) in [5, 5.41) is 2.86. The number of rotatable bonds is 4. The Hall–Kier alpha value is -3.61. The molecule has 4 rings (SSSR count). The third-order valence-corrected chi connectivity index (χ3v) is 4.98. The van der Waals surface area contributed by atoms with Gasteiger partial charge in [0.1, 0.15) is 11.6 Å². The van der Waals surface area contributed by atoms with E-state index in [9.17, 15) is 9.59 Å². The van der Waals surface area contributed by atoms with Crippen molar-refractivity contribution in [2.75, 3.05) is 19.0 Å². The SMILES string of the molecule is COc1ccccc1Cc1nc2c(c(=O)[nH]1)CN(C(=O)Nc1ccccc1)CC2. The van der Waals surface area contributed by atoms with Crippen LogP contribution in [0, 0.1) is 0 Å². The summed E-state index contributed by atoms with van der Waals surface area (Å²) < 4.78 is 5.38. The Bertz CT molecular complexity index is 1080. The van der Waals surface area contributed by atoms with Gasteiger partial charge in [0, 0.05) is 30.6 Å². The zero-order valence-electron chi connectivity index (χ0n) is 16.1. The summed E-state index contributed by atoms with van der Waals surface area (Å²) in [7, 11) is 1.62. The molecule has 0 saturated carbocycles. The Kier molecular flexibility index (Phi) is 5.29.